The third kappa shape index (κ3) is 63.3. The summed E-state index contributed by atoms with van der Waals surface area (Å²) in [7, 11) is 0. The van der Waals surface area contributed by atoms with Crippen LogP contribution in [0, 0.1) is 0 Å². The first-order valence-electron chi connectivity index (χ1n) is 33.1. The lowest BCUT2D eigenvalue weighted by Crippen LogP contribution is -2.30. The highest BCUT2D eigenvalue weighted by atomic mass is 16.6. The van der Waals surface area contributed by atoms with Gasteiger partial charge in [-0.1, -0.05) is 279 Å². The molecule has 0 saturated carbocycles. The van der Waals surface area contributed by atoms with Gasteiger partial charge in [-0.15, -0.1) is 0 Å². The molecule has 0 heterocycles. The Hall–Kier alpha value is -3.41. The number of unbranched alkanes of at least 4 members (excludes halogenated alkanes) is 35. The van der Waals surface area contributed by atoms with E-state index < -0.39 is 6.10 Å². The molecule has 0 aliphatic heterocycles. The molecule has 0 saturated heterocycles. The summed E-state index contributed by atoms with van der Waals surface area (Å²) in [6.07, 6.45) is 85.9. The molecule has 0 radical (unpaired) electrons. The molecule has 0 rings (SSSR count). The van der Waals surface area contributed by atoms with Gasteiger partial charge in [-0.2, -0.15) is 0 Å². The standard InChI is InChI=1S/C71H124O6/c1-4-7-10-13-16-19-22-25-28-31-32-33-34-35-36-37-38-41-43-46-49-52-55-58-61-64-70(73)76-67-68(77-71(74)65-62-59-56-53-50-47-44-40-30-27-24-21-18-15-12-9-6-3)66-75-69(72)63-60-57-54-51-48-45-42-39-29-26-23-20-17-14-11-8-5-2/h9,12,18,21-22,25-27,29-32,44,47,68H,4-8,10-11,13-17,19-20,23-24,28,33-43,45-46,48-67H2,1-3H3/b12-9-,21-18-,25-22-,29-26-,30-27-,32-31-,47-44-. The number of ether oxygens (including phenoxy) is 3. The van der Waals surface area contributed by atoms with Crippen molar-refractivity contribution in [3.8, 4) is 0 Å². The Bertz CT molecular complexity index is 1470. The number of rotatable bonds is 60. The molecule has 1 unspecified atom stereocenters. The van der Waals surface area contributed by atoms with Crippen molar-refractivity contribution in [3.05, 3.63) is 85.1 Å². The second-order valence-electron chi connectivity index (χ2n) is 22.0. The van der Waals surface area contributed by atoms with E-state index in [4.69, 9.17) is 14.2 Å². The molecule has 0 N–H and O–H groups in total. The third-order valence-electron chi connectivity index (χ3n) is 14.4. The number of carbonyl (C=O) groups is 3. The summed E-state index contributed by atoms with van der Waals surface area (Å²) < 4.78 is 16.9. The monoisotopic (exact) mass is 1070 g/mol. The molecule has 0 aromatic rings. The van der Waals surface area contributed by atoms with Crippen molar-refractivity contribution in [2.24, 2.45) is 0 Å². The Morgan fingerprint density at radius 2 is 0.506 bits per heavy atom. The summed E-state index contributed by atoms with van der Waals surface area (Å²) >= 11 is 0. The van der Waals surface area contributed by atoms with Gasteiger partial charge in [0.2, 0.25) is 0 Å². The average Bonchev–Trinajstić information content (AvgIpc) is 3.43. The number of allylic oxidation sites excluding steroid dienone is 14. The molecule has 0 fully saturated rings. The van der Waals surface area contributed by atoms with Crippen LogP contribution in [-0.4, -0.2) is 37.2 Å². The van der Waals surface area contributed by atoms with E-state index in [0.717, 1.165) is 103 Å². The third-order valence-corrected chi connectivity index (χ3v) is 14.4. The Kier molecular flexibility index (Phi) is 62.2. The van der Waals surface area contributed by atoms with Gasteiger partial charge in [0.1, 0.15) is 13.2 Å². The minimum absolute atomic E-state index is 0.0869. The topological polar surface area (TPSA) is 78.9 Å². The van der Waals surface area contributed by atoms with Gasteiger partial charge in [0, 0.05) is 19.3 Å². The molecule has 6 nitrogen and oxygen atoms in total. The first-order chi connectivity index (χ1) is 38.0. The first-order valence-corrected chi connectivity index (χ1v) is 33.1. The number of hydrogen-bond donors (Lipinski definition) is 0. The molecule has 1 atom stereocenters. The second kappa shape index (κ2) is 65.1. The zero-order valence-electron chi connectivity index (χ0n) is 51.0. The van der Waals surface area contributed by atoms with Crippen LogP contribution in [0.3, 0.4) is 0 Å². The van der Waals surface area contributed by atoms with Gasteiger partial charge >= 0.3 is 17.9 Å². The Balaban J connectivity index is 4.35. The summed E-state index contributed by atoms with van der Waals surface area (Å²) in [5.74, 6) is -0.902. The molecular formula is C71H124O6. The van der Waals surface area contributed by atoms with Crippen molar-refractivity contribution in [3.63, 3.8) is 0 Å². The summed E-state index contributed by atoms with van der Waals surface area (Å²) in [6, 6.07) is 0. The van der Waals surface area contributed by atoms with Crippen LogP contribution in [0.2, 0.25) is 0 Å². The maximum Gasteiger partial charge on any atom is 0.306 e. The molecule has 0 aromatic carbocycles. The van der Waals surface area contributed by atoms with Crippen LogP contribution in [0.15, 0.2) is 85.1 Å². The van der Waals surface area contributed by atoms with Gasteiger partial charge in [0.25, 0.3) is 0 Å². The normalized spacial score (nSPS) is 12.6. The van der Waals surface area contributed by atoms with E-state index in [1.807, 2.05) is 0 Å². The lowest BCUT2D eigenvalue weighted by Gasteiger charge is -2.18. The number of esters is 3. The van der Waals surface area contributed by atoms with Crippen molar-refractivity contribution >= 4 is 17.9 Å². The number of hydrogen-bond acceptors (Lipinski definition) is 6. The Labute approximate surface area is 477 Å². The zero-order valence-corrected chi connectivity index (χ0v) is 51.0. The smallest absolute Gasteiger partial charge is 0.306 e. The summed E-state index contributed by atoms with van der Waals surface area (Å²) in [6.45, 7) is 6.52. The lowest BCUT2D eigenvalue weighted by molar-refractivity contribution is -0.167. The highest BCUT2D eigenvalue weighted by Crippen LogP contribution is 2.16. The largest absolute Gasteiger partial charge is 0.462 e. The fraction of sp³-hybridized carbons (Fsp3) is 0.761. The van der Waals surface area contributed by atoms with Crippen molar-refractivity contribution in [2.45, 2.75) is 335 Å². The lowest BCUT2D eigenvalue weighted by atomic mass is 10.0. The van der Waals surface area contributed by atoms with Gasteiger partial charge < -0.3 is 14.2 Å². The van der Waals surface area contributed by atoms with Gasteiger partial charge in [-0.05, 0) is 116 Å². The fourth-order valence-electron chi connectivity index (χ4n) is 9.40. The molecule has 0 bridgehead atoms. The van der Waals surface area contributed by atoms with E-state index in [2.05, 4.69) is 106 Å². The van der Waals surface area contributed by atoms with Crippen molar-refractivity contribution < 1.29 is 28.6 Å². The molecule has 0 aliphatic carbocycles. The van der Waals surface area contributed by atoms with E-state index in [9.17, 15) is 14.4 Å². The molecule has 0 amide bonds. The van der Waals surface area contributed by atoms with Crippen molar-refractivity contribution in [1.82, 2.24) is 0 Å². The van der Waals surface area contributed by atoms with Gasteiger partial charge in [0.15, 0.2) is 6.10 Å². The summed E-state index contributed by atoms with van der Waals surface area (Å²) in [4.78, 5) is 38.4. The van der Waals surface area contributed by atoms with Crippen molar-refractivity contribution in [2.75, 3.05) is 13.2 Å². The Morgan fingerprint density at radius 3 is 0.805 bits per heavy atom. The van der Waals surface area contributed by atoms with Gasteiger partial charge in [-0.25, -0.2) is 0 Å². The van der Waals surface area contributed by atoms with Crippen LogP contribution in [0.4, 0.5) is 0 Å². The van der Waals surface area contributed by atoms with Crippen LogP contribution >= 0.6 is 0 Å². The van der Waals surface area contributed by atoms with Gasteiger partial charge in [0.05, 0.1) is 0 Å². The van der Waals surface area contributed by atoms with E-state index in [1.54, 1.807) is 0 Å². The molecular weight excluding hydrogens is 949 g/mol. The van der Waals surface area contributed by atoms with Crippen LogP contribution in [0.5, 0.6) is 0 Å². The second-order valence-corrected chi connectivity index (χ2v) is 22.0. The van der Waals surface area contributed by atoms with Crippen molar-refractivity contribution in [1.29, 1.82) is 0 Å². The SMILES string of the molecule is CC/C=C\C/C=C\C/C=C\C/C=C\CCCCCCC(=O)OC(COC(=O)CCCCCCCCC/C=C\CCCCCCCC)COC(=O)CCCCCCCCCCCCCCC/C=C\C/C=C\CCCCCCC. The Morgan fingerprint density at radius 1 is 0.273 bits per heavy atom. The predicted molar refractivity (Wildman–Crippen MR) is 334 cm³/mol. The van der Waals surface area contributed by atoms with Crippen LogP contribution in [0.25, 0.3) is 0 Å². The average molecular weight is 1070 g/mol. The summed E-state index contributed by atoms with van der Waals surface area (Å²) in [5.41, 5.74) is 0. The van der Waals surface area contributed by atoms with E-state index in [-0.39, 0.29) is 31.1 Å². The van der Waals surface area contributed by atoms with Gasteiger partial charge in [-0.3, -0.25) is 14.4 Å². The fourth-order valence-corrected chi connectivity index (χ4v) is 9.40. The molecule has 6 heteroatoms. The van der Waals surface area contributed by atoms with E-state index in [1.165, 1.54) is 186 Å². The quantitative estimate of drug-likeness (QED) is 0.0261. The zero-order chi connectivity index (χ0) is 55.7. The highest BCUT2D eigenvalue weighted by Gasteiger charge is 2.19. The molecule has 77 heavy (non-hydrogen) atoms. The highest BCUT2D eigenvalue weighted by molar-refractivity contribution is 5.71. The molecule has 444 valence electrons. The van der Waals surface area contributed by atoms with Crippen LogP contribution in [0.1, 0.15) is 329 Å². The maximum absolute atomic E-state index is 12.9. The predicted octanol–water partition coefficient (Wildman–Crippen LogP) is 22.7. The molecule has 0 aliphatic rings. The van der Waals surface area contributed by atoms with Crippen LogP contribution in [-0.2, 0) is 28.6 Å². The first kappa shape index (κ1) is 73.6. The molecule has 0 aromatic heterocycles. The van der Waals surface area contributed by atoms with E-state index in [0.29, 0.717) is 19.3 Å². The summed E-state index contributed by atoms with van der Waals surface area (Å²) in [5, 5.41) is 0. The minimum atomic E-state index is -0.793. The maximum atomic E-state index is 12.9. The minimum Gasteiger partial charge on any atom is -0.462 e. The molecule has 0 spiro atoms. The van der Waals surface area contributed by atoms with E-state index >= 15 is 0 Å². The van der Waals surface area contributed by atoms with Crippen LogP contribution < -0.4 is 0 Å². The number of carbonyl (C=O) groups excluding carboxylic acids is 3.